The van der Waals surface area contributed by atoms with Crippen molar-refractivity contribution in [3.05, 3.63) is 42.1 Å². The van der Waals surface area contributed by atoms with Crippen molar-refractivity contribution in [2.45, 2.75) is 6.42 Å². The first kappa shape index (κ1) is 12.2. The van der Waals surface area contributed by atoms with Crippen molar-refractivity contribution in [1.82, 2.24) is 10.4 Å². The molecular weight excluding hydrogens is 228 g/mol. The van der Waals surface area contributed by atoms with Gasteiger partial charge >= 0.3 is 0 Å². The molecule has 1 aromatic carbocycles. The average Bonchev–Trinajstić information content (AvgIpc) is 2.39. The van der Waals surface area contributed by atoms with Crippen molar-refractivity contribution >= 4 is 23.0 Å². The van der Waals surface area contributed by atoms with Gasteiger partial charge in [-0.05, 0) is 6.07 Å². The van der Waals surface area contributed by atoms with Crippen LogP contribution in [0.3, 0.4) is 0 Å². The Morgan fingerprint density at radius 2 is 2.22 bits per heavy atom. The first-order valence-electron chi connectivity index (χ1n) is 5.67. The van der Waals surface area contributed by atoms with Crippen molar-refractivity contribution in [3.63, 3.8) is 0 Å². The van der Waals surface area contributed by atoms with Gasteiger partial charge in [0.25, 0.3) is 0 Å². The van der Waals surface area contributed by atoms with E-state index in [0.29, 0.717) is 6.54 Å². The predicted octanol–water partition coefficient (Wildman–Crippen LogP) is 1.03. The molecule has 18 heavy (non-hydrogen) atoms. The Kier molecular flexibility index (Phi) is 3.98. The normalized spacial score (nSPS) is 10.9. The van der Waals surface area contributed by atoms with E-state index < -0.39 is 0 Å². The van der Waals surface area contributed by atoms with Crippen LogP contribution >= 0.6 is 0 Å². The van der Waals surface area contributed by atoms with E-state index >= 15 is 0 Å². The lowest BCUT2D eigenvalue weighted by Gasteiger charge is -2.00. The number of aromatic nitrogens is 1. The number of hydrazone groups is 1. The minimum absolute atomic E-state index is 0.193. The summed E-state index contributed by atoms with van der Waals surface area (Å²) in [6.45, 7) is 0.317. The van der Waals surface area contributed by atoms with Gasteiger partial charge in [-0.15, -0.1) is 0 Å². The van der Waals surface area contributed by atoms with Crippen LogP contribution in [0.2, 0.25) is 0 Å². The van der Waals surface area contributed by atoms with E-state index in [-0.39, 0.29) is 12.3 Å². The summed E-state index contributed by atoms with van der Waals surface area (Å²) in [5, 5.41) is 4.93. The Morgan fingerprint density at radius 3 is 3.06 bits per heavy atom. The molecule has 1 aromatic heterocycles. The second-order valence-electron chi connectivity index (χ2n) is 3.75. The molecule has 1 heterocycles. The zero-order valence-electron chi connectivity index (χ0n) is 9.84. The molecule has 2 aromatic rings. The monoisotopic (exact) mass is 242 g/mol. The maximum absolute atomic E-state index is 11.2. The van der Waals surface area contributed by atoms with Gasteiger partial charge < -0.3 is 5.73 Å². The fourth-order valence-corrected chi connectivity index (χ4v) is 1.59. The number of nitrogens with one attached hydrogen (secondary N) is 1. The van der Waals surface area contributed by atoms with E-state index in [4.69, 9.17) is 5.73 Å². The number of rotatable bonds is 4. The van der Waals surface area contributed by atoms with Gasteiger partial charge in [0.2, 0.25) is 5.91 Å². The van der Waals surface area contributed by atoms with Gasteiger partial charge in [-0.25, -0.2) is 5.43 Å². The highest BCUT2D eigenvalue weighted by Crippen LogP contribution is 2.13. The third kappa shape index (κ3) is 2.89. The molecule has 1 amide bonds. The van der Waals surface area contributed by atoms with E-state index in [9.17, 15) is 4.79 Å². The number of hydrogen-bond acceptors (Lipinski definition) is 4. The van der Waals surface area contributed by atoms with Crippen LogP contribution < -0.4 is 11.2 Å². The van der Waals surface area contributed by atoms with E-state index in [1.165, 1.54) is 0 Å². The summed E-state index contributed by atoms with van der Waals surface area (Å²) in [5.41, 5.74) is 9.40. The maximum Gasteiger partial charge on any atom is 0.241 e. The number of fused-ring (bicyclic) bond motifs is 1. The summed E-state index contributed by atoms with van der Waals surface area (Å²) < 4.78 is 0. The fraction of sp³-hybridized carbons (Fsp3) is 0.154. The molecule has 0 aliphatic heterocycles. The quantitative estimate of drug-likeness (QED) is 0.620. The van der Waals surface area contributed by atoms with Crippen molar-refractivity contribution < 1.29 is 4.79 Å². The van der Waals surface area contributed by atoms with E-state index in [2.05, 4.69) is 15.5 Å². The minimum atomic E-state index is -0.193. The van der Waals surface area contributed by atoms with Crippen LogP contribution in [0.15, 0.2) is 41.6 Å². The summed E-state index contributed by atoms with van der Waals surface area (Å²) in [6, 6.07) is 9.66. The predicted molar refractivity (Wildman–Crippen MR) is 71.2 cm³/mol. The molecule has 92 valence electrons. The molecule has 0 spiro atoms. The lowest BCUT2D eigenvalue weighted by Crippen LogP contribution is -2.20. The summed E-state index contributed by atoms with van der Waals surface area (Å²) in [4.78, 5) is 15.5. The Hall–Kier alpha value is -2.27. The first-order chi connectivity index (χ1) is 8.81. The molecule has 0 atom stereocenters. The van der Waals surface area contributed by atoms with Crippen LogP contribution in [0.25, 0.3) is 10.9 Å². The number of carbonyl (C=O) groups excluding carboxylic acids is 1. The van der Waals surface area contributed by atoms with Crippen LogP contribution in [0.5, 0.6) is 0 Å². The number of para-hydroxylation sites is 1. The molecular formula is C13H14N4O. The molecule has 0 aliphatic rings. The number of nitrogens with zero attached hydrogens (tertiary/aromatic N) is 2. The third-order valence-electron chi connectivity index (χ3n) is 2.43. The Labute approximate surface area is 105 Å². The molecule has 0 saturated carbocycles. The van der Waals surface area contributed by atoms with Crippen LogP contribution in [0.4, 0.5) is 0 Å². The second kappa shape index (κ2) is 5.88. The van der Waals surface area contributed by atoms with Crippen LogP contribution in [0, 0.1) is 0 Å². The van der Waals surface area contributed by atoms with E-state index in [1.807, 2.05) is 30.3 Å². The fourth-order valence-electron chi connectivity index (χ4n) is 1.59. The molecule has 5 nitrogen and oxygen atoms in total. The number of benzene rings is 1. The molecule has 0 saturated heterocycles. The Morgan fingerprint density at radius 1 is 1.39 bits per heavy atom. The van der Waals surface area contributed by atoms with Crippen molar-refractivity contribution in [1.29, 1.82) is 0 Å². The van der Waals surface area contributed by atoms with Crippen LogP contribution in [-0.4, -0.2) is 23.7 Å². The average molecular weight is 242 g/mol. The highest BCUT2D eigenvalue weighted by atomic mass is 16.2. The SMILES string of the molecule is NCCC(=O)N/N=C\c1cccc2cccnc12. The number of nitrogens with two attached hydrogens (primary N) is 1. The number of pyridine rings is 1. The summed E-state index contributed by atoms with van der Waals surface area (Å²) >= 11 is 0. The highest BCUT2D eigenvalue weighted by molar-refractivity contribution is 5.97. The van der Waals surface area contributed by atoms with E-state index in [0.717, 1.165) is 16.5 Å². The van der Waals surface area contributed by atoms with Gasteiger partial charge in [0.05, 0.1) is 11.7 Å². The third-order valence-corrected chi connectivity index (χ3v) is 2.43. The van der Waals surface area contributed by atoms with Gasteiger partial charge in [-0.2, -0.15) is 5.10 Å². The standard InChI is InChI=1S/C13H14N4O/c14-7-6-12(18)17-16-9-11-4-1-3-10-5-2-8-15-13(10)11/h1-5,8-9H,6-7,14H2,(H,17,18)/b16-9-. The minimum Gasteiger partial charge on any atom is -0.330 e. The number of carbonyl (C=O) groups is 1. The molecule has 0 unspecified atom stereocenters. The van der Waals surface area contributed by atoms with Gasteiger partial charge in [-0.1, -0.05) is 24.3 Å². The first-order valence-corrected chi connectivity index (χ1v) is 5.67. The van der Waals surface area contributed by atoms with Gasteiger partial charge in [0.1, 0.15) is 0 Å². The zero-order chi connectivity index (χ0) is 12.8. The second-order valence-corrected chi connectivity index (χ2v) is 3.75. The molecule has 0 fully saturated rings. The summed E-state index contributed by atoms with van der Waals surface area (Å²) in [7, 11) is 0. The Bertz CT molecular complexity index is 575. The van der Waals surface area contributed by atoms with Crippen LogP contribution in [-0.2, 0) is 4.79 Å². The van der Waals surface area contributed by atoms with Crippen molar-refractivity contribution in [3.8, 4) is 0 Å². The van der Waals surface area contributed by atoms with E-state index in [1.54, 1.807) is 12.4 Å². The topological polar surface area (TPSA) is 80.4 Å². The summed E-state index contributed by atoms with van der Waals surface area (Å²) in [6.07, 6.45) is 3.58. The van der Waals surface area contributed by atoms with Gasteiger partial charge in [0, 0.05) is 30.1 Å². The lowest BCUT2D eigenvalue weighted by molar-refractivity contribution is -0.120. The molecule has 0 bridgehead atoms. The molecule has 2 rings (SSSR count). The number of hydrogen-bond donors (Lipinski definition) is 2. The molecule has 5 heteroatoms. The molecule has 0 radical (unpaired) electrons. The van der Waals surface area contributed by atoms with Crippen molar-refractivity contribution in [2.24, 2.45) is 10.8 Å². The highest BCUT2D eigenvalue weighted by Gasteiger charge is 1.99. The molecule has 3 N–H and O–H groups in total. The largest absolute Gasteiger partial charge is 0.330 e. The van der Waals surface area contributed by atoms with Gasteiger partial charge in [0.15, 0.2) is 0 Å². The van der Waals surface area contributed by atoms with Gasteiger partial charge in [-0.3, -0.25) is 9.78 Å². The summed E-state index contributed by atoms with van der Waals surface area (Å²) in [5.74, 6) is -0.193. The smallest absolute Gasteiger partial charge is 0.241 e. The molecule has 0 aliphatic carbocycles. The van der Waals surface area contributed by atoms with Crippen molar-refractivity contribution in [2.75, 3.05) is 6.54 Å². The maximum atomic E-state index is 11.2. The lowest BCUT2D eigenvalue weighted by atomic mass is 10.1. The number of amides is 1. The van der Waals surface area contributed by atoms with Crippen LogP contribution in [0.1, 0.15) is 12.0 Å². The zero-order valence-corrected chi connectivity index (χ0v) is 9.84. The Balaban J connectivity index is 2.16.